The van der Waals surface area contributed by atoms with E-state index in [2.05, 4.69) is 10.6 Å². The van der Waals surface area contributed by atoms with Gasteiger partial charge in [0.1, 0.15) is 5.75 Å². The van der Waals surface area contributed by atoms with Gasteiger partial charge in [-0.2, -0.15) is 0 Å². The highest BCUT2D eigenvalue weighted by Crippen LogP contribution is 2.24. The third-order valence-electron chi connectivity index (χ3n) is 4.53. The van der Waals surface area contributed by atoms with E-state index in [4.69, 9.17) is 4.74 Å². The Balaban J connectivity index is 1.59. The zero-order valence-corrected chi connectivity index (χ0v) is 15.9. The van der Waals surface area contributed by atoms with Crippen molar-refractivity contribution in [1.82, 2.24) is 5.32 Å². The lowest BCUT2D eigenvalue weighted by Crippen LogP contribution is -2.39. The first kappa shape index (κ1) is 19.6. The van der Waals surface area contributed by atoms with Gasteiger partial charge in [-0.25, -0.2) is 4.90 Å². The van der Waals surface area contributed by atoms with Gasteiger partial charge in [0, 0.05) is 12.6 Å². The first-order valence-electron chi connectivity index (χ1n) is 9.08. The van der Waals surface area contributed by atoms with Crippen LogP contribution >= 0.6 is 0 Å². The SMILES string of the molecule is COc1cccc(CCNC2CC(=O)N(c3ccc(NC(C)=O)cc3)C2=O)c1. The molecular formula is C21H23N3O4. The van der Waals surface area contributed by atoms with Crippen molar-refractivity contribution >= 4 is 29.1 Å². The molecule has 2 aromatic rings. The number of imide groups is 1. The molecule has 2 aromatic carbocycles. The van der Waals surface area contributed by atoms with Crippen molar-refractivity contribution in [2.45, 2.75) is 25.8 Å². The molecule has 3 rings (SSSR count). The normalized spacial score (nSPS) is 16.4. The Morgan fingerprint density at radius 1 is 1.18 bits per heavy atom. The number of ether oxygens (including phenoxy) is 1. The summed E-state index contributed by atoms with van der Waals surface area (Å²) in [4.78, 5) is 37.3. The second-order valence-corrected chi connectivity index (χ2v) is 6.61. The number of amides is 3. The van der Waals surface area contributed by atoms with Crippen molar-refractivity contribution in [3.05, 3.63) is 54.1 Å². The summed E-state index contributed by atoms with van der Waals surface area (Å²) in [6.07, 6.45) is 0.852. The fourth-order valence-corrected chi connectivity index (χ4v) is 3.18. The standard InChI is InChI=1S/C21H23N3O4/c1-14(25)23-16-6-8-17(9-7-16)24-20(26)13-19(21(24)27)22-11-10-15-4-3-5-18(12-15)28-2/h3-9,12,19,22H,10-11,13H2,1-2H3,(H,23,25). The minimum Gasteiger partial charge on any atom is -0.497 e. The van der Waals surface area contributed by atoms with Crippen molar-refractivity contribution < 1.29 is 19.1 Å². The summed E-state index contributed by atoms with van der Waals surface area (Å²) < 4.78 is 5.21. The molecule has 1 saturated heterocycles. The second-order valence-electron chi connectivity index (χ2n) is 6.61. The van der Waals surface area contributed by atoms with Gasteiger partial charge < -0.3 is 15.4 Å². The molecule has 0 spiro atoms. The number of anilines is 2. The van der Waals surface area contributed by atoms with E-state index in [-0.39, 0.29) is 24.1 Å². The molecule has 146 valence electrons. The molecule has 1 heterocycles. The molecule has 0 saturated carbocycles. The van der Waals surface area contributed by atoms with Gasteiger partial charge in [0.2, 0.25) is 11.8 Å². The van der Waals surface area contributed by atoms with Crippen LogP contribution in [0.25, 0.3) is 0 Å². The quantitative estimate of drug-likeness (QED) is 0.718. The van der Waals surface area contributed by atoms with Crippen molar-refractivity contribution in [3.8, 4) is 5.75 Å². The lowest BCUT2D eigenvalue weighted by molar-refractivity contribution is -0.121. The highest BCUT2D eigenvalue weighted by Gasteiger charge is 2.39. The molecular weight excluding hydrogens is 358 g/mol. The summed E-state index contributed by atoms with van der Waals surface area (Å²) in [5.74, 6) is 0.110. The molecule has 1 unspecified atom stereocenters. The Bertz CT molecular complexity index is 879. The highest BCUT2D eigenvalue weighted by molar-refractivity contribution is 6.22. The van der Waals surface area contributed by atoms with Crippen LogP contribution in [0.15, 0.2) is 48.5 Å². The minimum absolute atomic E-state index is 0.129. The van der Waals surface area contributed by atoms with E-state index in [0.717, 1.165) is 17.7 Å². The Labute approximate surface area is 163 Å². The van der Waals surface area contributed by atoms with Crippen LogP contribution < -0.4 is 20.3 Å². The maximum absolute atomic E-state index is 12.7. The van der Waals surface area contributed by atoms with Crippen LogP contribution in [0, 0.1) is 0 Å². The Hall–Kier alpha value is -3.19. The van der Waals surface area contributed by atoms with Crippen LogP contribution in [0.2, 0.25) is 0 Å². The number of rotatable bonds is 7. The number of hydrogen-bond donors (Lipinski definition) is 2. The lowest BCUT2D eigenvalue weighted by atomic mass is 10.1. The zero-order valence-electron chi connectivity index (χ0n) is 15.9. The number of methoxy groups -OCH3 is 1. The Kier molecular flexibility index (Phi) is 6.06. The number of benzene rings is 2. The maximum Gasteiger partial charge on any atom is 0.251 e. The molecule has 0 aliphatic carbocycles. The average molecular weight is 381 g/mol. The van der Waals surface area contributed by atoms with Gasteiger partial charge in [0.25, 0.3) is 5.91 Å². The van der Waals surface area contributed by atoms with Gasteiger partial charge >= 0.3 is 0 Å². The average Bonchev–Trinajstić information content (AvgIpc) is 2.96. The molecule has 7 heteroatoms. The summed E-state index contributed by atoms with van der Waals surface area (Å²) in [6, 6.07) is 13.9. The topological polar surface area (TPSA) is 87.7 Å². The van der Waals surface area contributed by atoms with E-state index in [1.54, 1.807) is 31.4 Å². The molecule has 1 aliphatic heterocycles. The molecule has 0 radical (unpaired) electrons. The first-order valence-corrected chi connectivity index (χ1v) is 9.08. The van der Waals surface area contributed by atoms with E-state index >= 15 is 0 Å². The van der Waals surface area contributed by atoms with E-state index in [1.807, 2.05) is 24.3 Å². The van der Waals surface area contributed by atoms with Gasteiger partial charge in [-0.05, 0) is 54.9 Å². The summed E-state index contributed by atoms with van der Waals surface area (Å²) >= 11 is 0. The predicted molar refractivity (Wildman–Crippen MR) is 106 cm³/mol. The van der Waals surface area contributed by atoms with Crippen LogP contribution in [0.1, 0.15) is 18.9 Å². The van der Waals surface area contributed by atoms with Gasteiger partial charge in [-0.1, -0.05) is 12.1 Å². The summed E-state index contributed by atoms with van der Waals surface area (Å²) in [5.41, 5.74) is 2.21. The number of nitrogens with zero attached hydrogens (tertiary/aromatic N) is 1. The number of hydrogen-bond acceptors (Lipinski definition) is 5. The smallest absolute Gasteiger partial charge is 0.251 e. The van der Waals surface area contributed by atoms with Gasteiger partial charge in [0.15, 0.2) is 0 Å². The number of nitrogens with one attached hydrogen (secondary N) is 2. The van der Waals surface area contributed by atoms with Crippen LogP contribution in [0.3, 0.4) is 0 Å². The molecule has 0 aromatic heterocycles. The molecule has 1 atom stereocenters. The Morgan fingerprint density at radius 3 is 2.61 bits per heavy atom. The Morgan fingerprint density at radius 2 is 1.93 bits per heavy atom. The molecule has 1 aliphatic rings. The van der Waals surface area contributed by atoms with Crippen molar-refractivity contribution in [2.24, 2.45) is 0 Å². The second kappa shape index (κ2) is 8.67. The van der Waals surface area contributed by atoms with Crippen LogP contribution in [-0.2, 0) is 20.8 Å². The maximum atomic E-state index is 12.7. The molecule has 28 heavy (non-hydrogen) atoms. The summed E-state index contributed by atoms with van der Waals surface area (Å²) in [7, 11) is 1.62. The van der Waals surface area contributed by atoms with Crippen LogP contribution in [0.4, 0.5) is 11.4 Å². The largest absolute Gasteiger partial charge is 0.497 e. The minimum atomic E-state index is -0.534. The third kappa shape index (κ3) is 4.55. The zero-order chi connectivity index (χ0) is 20.1. The summed E-state index contributed by atoms with van der Waals surface area (Å²) in [6.45, 7) is 2.00. The monoisotopic (exact) mass is 381 g/mol. The van der Waals surface area contributed by atoms with Crippen molar-refractivity contribution in [1.29, 1.82) is 0 Å². The van der Waals surface area contributed by atoms with Gasteiger partial charge in [-0.3, -0.25) is 14.4 Å². The van der Waals surface area contributed by atoms with E-state index in [9.17, 15) is 14.4 Å². The molecule has 1 fully saturated rings. The lowest BCUT2D eigenvalue weighted by Gasteiger charge is -2.16. The van der Waals surface area contributed by atoms with Crippen molar-refractivity contribution in [2.75, 3.05) is 23.9 Å². The molecule has 2 N–H and O–H groups in total. The van der Waals surface area contributed by atoms with Gasteiger partial charge in [-0.15, -0.1) is 0 Å². The van der Waals surface area contributed by atoms with Crippen LogP contribution in [-0.4, -0.2) is 37.4 Å². The van der Waals surface area contributed by atoms with Gasteiger partial charge in [0.05, 0.1) is 25.3 Å². The molecule has 3 amide bonds. The first-order chi connectivity index (χ1) is 13.5. The third-order valence-corrected chi connectivity index (χ3v) is 4.53. The van der Waals surface area contributed by atoms with E-state index in [1.165, 1.54) is 11.8 Å². The van der Waals surface area contributed by atoms with Crippen LogP contribution in [0.5, 0.6) is 5.75 Å². The van der Waals surface area contributed by atoms with E-state index < -0.39 is 6.04 Å². The fourth-order valence-electron chi connectivity index (χ4n) is 3.18. The van der Waals surface area contributed by atoms with Crippen molar-refractivity contribution in [3.63, 3.8) is 0 Å². The molecule has 0 bridgehead atoms. The predicted octanol–water partition coefficient (Wildman–Crippen LogP) is 2.12. The number of carbonyl (C=O) groups is 3. The molecule has 7 nitrogen and oxygen atoms in total. The number of carbonyl (C=O) groups excluding carboxylic acids is 3. The summed E-state index contributed by atoms with van der Waals surface area (Å²) in [5, 5.41) is 5.83. The highest BCUT2D eigenvalue weighted by atomic mass is 16.5. The fraction of sp³-hybridized carbons (Fsp3) is 0.286. The van der Waals surface area contributed by atoms with E-state index in [0.29, 0.717) is 17.9 Å².